The second kappa shape index (κ2) is 9.46. The summed E-state index contributed by atoms with van der Waals surface area (Å²) < 4.78 is 28.1. The second-order valence-corrected chi connectivity index (χ2v) is 7.74. The molecule has 0 bridgehead atoms. The van der Waals surface area contributed by atoms with Gasteiger partial charge in [-0.15, -0.1) is 0 Å². The molecular formula is C26H23ClO6. The normalized spacial score (nSPS) is 13.5. The molecule has 1 aliphatic rings. The summed E-state index contributed by atoms with van der Waals surface area (Å²) in [7, 11) is 4.63. The number of methoxy groups -OCH3 is 3. The molecule has 170 valence electrons. The van der Waals surface area contributed by atoms with E-state index in [2.05, 4.69) is 0 Å². The van der Waals surface area contributed by atoms with Crippen LogP contribution in [0.25, 0.3) is 6.08 Å². The van der Waals surface area contributed by atoms with E-state index >= 15 is 0 Å². The van der Waals surface area contributed by atoms with Crippen molar-refractivity contribution in [3.63, 3.8) is 0 Å². The average molecular weight is 467 g/mol. The Morgan fingerprint density at radius 2 is 1.61 bits per heavy atom. The Hall–Kier alpha value is -3.64. The highest BCUT2D eigenvalue weighted by molar-refractivity contribution is 6.31. The molecule has 0 unspecified atom stereocenters. The average Bonchev–Trinajstić information content (AvgIpc) is 3.15. The summed E-state index contributed by atoms with van der Waals surface area (Å²) in [5.41, 5.74) is 2.70. The quantitative estimate of drug-likeness (QED) is 0.406. The van der Waals surface area contributed by atoms with Crippen molar-refractivity contribution in [3.05, 3.63) is 81.6 Å². The van der Waals surface area contributed by atoms with Gasteiger partial charge in [0.2, 0.25) is 5.78 Å². The van der Waals surface area contributed by atoms with Crippen molar-refractivity contribution in [2.24, 2.45) is 0 Å². The molecule has 0 fully saturated rings. The molecule has 1 heterocycles. The van der Waals surface area contributed by atoms with E-state index in [9.17, 15) is 4.79 Å². The van der Waals surface area contributed by atoms with Crippen LogP contribution >= 0.6 is 11.6 Å². The molecule has 0 radical (unpaired) electrons. The number of hydrogen-bond donors (Lipinski definition) is 0. The van der Waals surface area contributed by atoms with Gasteiger partial charge in [-0.25, -0.2) is 0 Å². The zero-order chi connectivity index (χ0) is 23.5. The van der Waals surface area contributed by atoms with Gasteiger partial charge in [0.25, 0.3) is 0 Å². The minimum atomic E-state index is -0.220. The van der Waals surface area contributed by atoms with Gasteiger partial charge in [0.15, 0.2) is 17.3 Å². The number of fused-ring (bicyclic) bond motifs is 1. The lowest BCUT2D eigenvalue weighted by Crippen LogP contribution is -2.00. The Labute approximate surface area is 197 Å². The number of carbonyl (C=O) groups is 1. The summed E-state index contributed by atoms with van der Waals surface area (Å²) in [6.45, 7) is 2.16. The van der Waals surface area contributed by atoms with Crippen LogP contribution in [0.4, 0.5) is 0 Å². The van der Waals surface area contributed by atoms with Crippen LogP contribution in [-0.4, -0.2) is 27.1 Å². The minimum absolute atomic E-state index is 0.182. The molecule has 0 N–H and O–H groups in total. The summed E-state index contributed by atoms with van der Waals surface area (Å²) in [6, 6.07) is 14.4. The van der Waals surface area contributed by atoms with Crippen molar-refractivity contribution in [1.82, 2.24) is 0 Å². The largest absolute Gasteiger partial charge is 0.496 e. The van der Waals surface area contributed by atoms with Crippen molar-refractivity contribution in [2.45, 2.75) is 13.5 Å². The summed E-state index contributed by atoms with van der Waals surface area (Å²) >= 11 is 6.22. The van der Waals surface area contributed by atoms with E-state index in [1.165, 1.54) is 0 Å². The summed E-state index contributed by atoms with van der Waals surface area (Å²) in [5.74, 6) is 2.61. The molecule has 1 aliphatic heterocycles. The van der Waals surface area contributed by atoms with E-state index in [4.69, 9.17) is 35.3 Å². The van der Waals surface area contributed by atoms with Crippen LogP contribution in [0.2, 0.25) is 5.02 Å². The first-order chi connectivity index (χ1) is 16.0. The number of rotatable bonds is 7. The van der Waals surface area contributed by atoms with Crippen molar-refractivity contribution in [3.8, 4) is 28.7 Å². The third kappa shape index (κ3) is 4.34. The van der Waals surface area contributed by atoms with Crippen LogP contribution in [0.5, 0.6) is 28.7 Å². The lowest BCUT2D eigenvalue weighted by atomic mass is 10.1. The molecule has 33 heavy (non-hydrogen) atoms. The van der Waals surface area contributed by atoms with Gasteiger partial charge >= 0.3 is 0 Å². The van der Waals surface area contributed by atoms with Crippen molar-refractivity contribution in [1.29, 1.82) is 0 Å². The SMILES string of the molecule is COc1cc(OC)c(OC)cc1/C=C1\Oc2c(ccc(OCc3ccccc3Cl)c2C)C1=O. The zero-order valence-electron chi connectivity index (χ0n) is 18.7. The topological polar surface area (TPSA) is 63.2 Å². The summed E-state index contributed by atoms with van der Waals surface area (Å²) in [5, 5.41) is 0.636. The molecule has 3 aromatic rings. The fraction of sp³-hybridized carbons (Fsp3) is 0.192. The number of carbonyl (C=O) groups excluding carboxylic acids is 1. The van der Waals surface area contributed by atoms with Crippen LogP contribution in [0.3, 0.4) is 0 Å². The van der Waals surface area contributed by atoms with Gasteiger partial charge < -0.3 is 23.7 Å². The van der Waals surface area contributed by atoms with Gasteiger partial charge in [0.1, 0.15) is 23.9 Å². The first-order valence-electron chi connectivity index (χ1n) is 10.2. The third-order valence-corrected chi connectivity index (χ3v) is 5.77. The third-order valence-electron chi connectivity index (χ3n) is 5.40. The molecule has 0 saturated heterocycles. The van der Waals surface area contributed by atoms with E-state index in [0.29, 0.717) is 51.5 Å². The van der Waals surface area contributed by atoms with Gasteiger partial charge in [0.05, 0.1) is 26.9 Å². The van der Waals surface area contributed by atoms with Crippen molar-refractivity contribution in [2.75, 3.05) is 21.3 Å². The molecule has 0 saturated carbocycles. The monoisotopic (exact) mass is 466 g/mol. The first-order valence-corrected chi connectivity index (χ1v) is 10.6. The van der Waals surface area contributed by atoms with Crippen LogP contribution < -0.4 is 23.7 Å². The fourth-order valence-corrected chi connectivity index (χ4v) is 3.79. The fourth-order valence-electron chi connectivity index (χ4n) is 3.60. The van der Waals surface area contributed by atoms with Crippen molar-refractivity contribution >= 4 is 23.5 Å². The Balaban J connectivity index is 1.63. The van der Waals surface area contributed by atoms with Gasteiger partial charge in [-0.1, -0.05) is 29.8 Å². The van der Waals surface area contributed by atoms with E-state index in [1.54, 1.807) is 51.7 Å². The Bertz CT molecular complexity index is 1250. The Morgan fingerprint density at radius 1 is 0.909 bits per heavy atom. The zero-order valence-corrected chi connectivity index (χ0v) is 19.5. The molecule has 4 rings (SSSR count). The molecule has 3 aromatic carbocycles. The van der Waals surface area contributed by atoms with Crippen LogP contribution in [-0.2, 0) is 6.61 Å². The van der Waals surface area contributed by atoms with Crippen LogP contribution in [0.15, 0.2) is 54.3 Å². The van der Waals surface area contributed by atoms with Gasteiger partial charge in [-0.2, -0.15) is 0 Å². The summed E-state index contributed by atoms with van der Waals surface area (Å²) in [6.07, 6.45) is 1.63. The maximum absolute atomic E-state index is 13.0. The molecule has 7 heteroatoms. The molecule has 0 aliphatic carbocycles. The molecule has 6 nitrogen and oxygen atoms in total. The molecular weight excluding hydrogens is 444 g/mol. The van der Waals surface area contributed by atoms with Gasteiger partial charge in [0, 0.05) is 27.8 Å². The highest BCUT2D eigenvalue weighted by Gasteiger charge is 2.30. The minimum Gasteiger partial charge on any atom is -0.496 e. The lowest BCUT2D eigenvalue weighted by Gasteiger charge is -2.13. The van der Waals surface area contributed by atoms with Crippen molar-refractivity contribution < 1.29 is 28.5 Å². The predicted molar refractivity (Wildman–Crippen MR) is 126 cm³/mol. The number of halogens is 1. The lowest BCUT2D eigenvalue weighted by molar-refractivity contribution is 0.101. The number of benzene rings is 3. The molecule has 0 atom stereocenters. The first kappa shape index (κ1) is 22.6. The highest BCUT2D eigenvalue weighted by atomic mass is 35.5. The molecule has 0 aromatic heterocycles. The van der Waals surface area contributed by atoms with Gasteiger partial charge in [-0.3, -0.25) is 4.79 Å². The summed E-state index contributed by atoms with van der Waals surface area (Å²) in [4.78, 5) is 13.0. The number of Topliss-reactive ketones (excluding diaryl/α,β-unsaturated/α-hetero) is 1. The molecule has 0 spiro atoms. The predicted octanol–water partition coefficient (Wildman–Crippen LogP) is 5.87. The van der Waals surface area contributed by atoms with E-state index in [-0.39, 0.29) is 11.5 Å². The maximum atomic E-state index is 13.0. The Kier molecular flexibility index (Phi) is 6.47. The van der Waals surface area contributed by atoms with E-state index < -0.39 is 0 Å². The number of ketones is 1. The van der Waals surface area contributed by atoms with Crippen LogP contribution in [0, 0.1) is 6.92 Å². The van der Waals surface area contributed by atoms with E-state index in [1.807, 2.05) is 31.2 Å². The van der Waals surface area contributed by atoms with Crippen LogP contribution in [0.1, 0.15) is 27.0 Å². The number of hydrogen-bond acceptors (Lipinski definition) is 6. The number of allylic oxidation sites excluding steroid dienone is 1. The molecule has 0 amide bonds. The highest BCUT2D eigenvalue weighted by Crippen LogP contribution is 2.41. The van der Waals surface area contributed by atoms with Gasteiger partial charge in [-0.05, 0) is 37.3 Å². The number of ether oxygens (including phenoxy) is 5. The Morgan fingerprint density at radius 3 is 2.30 bits per heavy atom. The van der Waals surface area contributed by atoms with E-state index in [0.717, 1.165) is 11.1 Å². The second-order valence-electron chi connectivity index (χ2n) is 7.33. The standard InChI is InChI=1S/C26H23ClO6/c1-15-20(32-14-16-7-5-6-8-19(16)27)10-9-18-25(28)24(33-26(15)18)12-17-11-22(30-3)23(31-4)13-21(17)29-2/h5-13H,14H2,1-4H3/b24-12-. The smallest absolute Gasteiger partial charge is 0.231 e. The maximum Gasteiger partial charge on any atom is 0.231 e.